The molecule has 2 aromatic carbocycles. The molecule has 0 unspecified atom stereocenters. The van der Waals surface area contributed by atoms with Gasteiger partial charge in [0, 0.05) is 11.6 Å². The summed E-state index contributed by atoms with van der Waals surface area (Å²) < 4.78 is 2.28. The fourth-order valence-corrected chi connectivity index (χ4v) is 3.02. The van der Waals surface area contributed by atoms with Crippen LogP contribution in [0.2, 0.25) is 0 Å². The number of fused-ring (bicyclic) bond motifs is 3. The summed E-state index contributed by atoms with van der Waals surface area (Å²) in [5, 5.41) is 2.59. The summed E-state index contributed by atoms with van der Waals surface area (Å²) in [6.45, 7) is 2.19. The van der Waals surface area contributed by atoms with Crippen molar-refractivity contribution < 1.29 is 0 Å². The van der Waals surface area contributed by atoms with Crippen LogP contribution in [0.25, 0.3) is 27.5 Å². The maximum atomic E-state index is 2.28. The van der Waals surface area contributed by atoms with Crippen LogP contribution in [-0.4, -0.2) is 4.40 Å². The van der Waals surface area contributed by atoms with E-state index in [9.17, 15) is 0 Å². The zero-order chi connectivity index (χ0) is 14.2. The second-order valence-corrected chi connectivity index (χ2v) is 5.43. The fraction of sp³-hybridized carbons (Fsp3) is 0.100. The van der Waals surface area contributed by atoms with Gasteiger partial charge in [-0.2, -0.15) is 0 Å². The van der Waals surface area contributed by atoms with Gasteiger partial charge in [-0.25, -0.2) is 0 Å². The van der Waals surface area contributed by atoms with E-state index in [1.165, 1.54) is 33.1 Å². The van der Waals surface area contributed by atoms with Crippen molar-refractivity contribution in [3.8, 4) is 11.3 Å². The molecule has 0 N–H and O–H groups in total. The number of benzene rings is 2. The Labute approximate surface area is 124 Å². The highest BCUT2D eigenvalue weighted by atomic mass is 14.9. The van der Waals surface area contributed by atoms with E-state index in [4.69, 9.17) is 0 Å². The van der Waals surface area contributed by atoms with Crippen molar-refractivity contribution in [1.29, 1.82) is 0 Å². The Morgan fingerprint density at radius 2 is 1.67 bits per heavy atom. The molecule has 0 spiro atoms. The lowest BCUT2D eigenvalue weighted by Gasteiger charge is -2.10. The first kappa shape index (κ1) is 12.2. The quantitative estimate of drug-likeness (QED) is 0.464. The molecule has 0 fully saturated rings. The number of hydrogen-bond acceptors (Lipinski definition) is 0. The molecule has 0 aliphatic carbocycles. The van der Waals surface area contributed by atoms with E-state index in [0.717, 1.165) is 6.42 Å². The second kappa shape index (κ2) is 4.78. The Morgan fingerprint density at radius 3 is 2.48 bits per heavy atom. The summed E-state index contributed by atoms with van der Waals surface area (Å²) in [5.41, 5.74) is 5.15. The molecular weight excluding hydrogens is 254 g/mol. The fourth-order valence-electron chi connectivity index (χ4n) is 3.02. The number of rotatable bonds is 2. The van der Waals surface area contributed by atoms with Gasteiger partial charge in [0.25, 0.3) is 0 Å². The van der Waals surface area contributed by atoms with Crippen molar-refractivity contribution in [2.24, 2.45) is 0 Å². The first-order valence-corrected chi connectivity index (χ1v) is 7.45. The van der Waals surface area contributed by atoms with Crippen LogP contribution in [0.5, 0.6) is 0 Å². The molecule has 2 heterocycles. The van der Waals surface area contributed by atoms with Gasteiger partial charge in [0.05, 0.1) is 11.2 Å². The highest BCUT2D eigenvalue weighted by molar-refractivity contribution is 5.98. The molecule has 1 nitrogen and oxygen atoms in total. The lowest BCUT2D eigenvalue weighted by molar-refractivity contribution is 1.14. The van der Waals surface area contributed by atoms with Gasteiger partial charge in [-0.05, 0) is 41.1 Å². The third-order valence-corrected chi connectivity index (χ3v) is 4.20. The summed E-state index contributed by atoms with van der Waals surface area (Å²) in [6, 6.07) is 24.1. The van der Waals surface area contributed by atoms with E-state index in [0.29, 0.717) is 0 Å². The molecule has 0 saturated heterocycles. The SMILES string of the molecule is CCc1ccc(-c2cc3ccccc3c3cccn23)cc1. The molecule has 21 heavy (non-hydrogen) atoms. The van der Waals surface area contributed by atoms with Gasteiger partial charge in [0.15, 0.2) is 0 Å². The minimum atomic E-state index is 1.08. The predicted molar refractivity (Wildman–Crippen MR) is 89.7 cm³/mol. The van der Waals surface area contributed by atoms with Crippen molar-refractivity contribution in [3.63, 3.8) is 0 Å². The number of aromatic nitrogens is 1. The molecule has 0 saturated carbocycles. The molecule has 0 aliphatic heterocycles. The molecule has 0 aliphatic rings. The van der Waals surface area contributed by atoms with Gasteiger partial charge in [-0.15, -0.1) is 0 Å². The van der Waals surface area contributed by atoms with Crippen LogP contribution < -0.4 is 0 Å². The number of nitrogens with zero attached hydrogens (tertiary/aromatic N) is 1. The van der Waals surface area contributed by atoms with Gasteiger partial charge in [0.2, 0.25) is 0 Å². The van der Waals surface area contributed by atoms with Crippen molar-refractivity contribution in [1.82, 2.24) is 4.40 Å². The molecule has 4 aromatic rings. The molecule has 0 bridgehead atoms. The standard InChI is InChI=1S/C20H17N/c1-2-15-9-11-16(12-10-15)20-14-17-6-3-4-7-18(17)19-8-5-13-21(19)20/h3-14H,2H2,1H3. The molecule has 4 rings (SSSR count). The van der Waals surface area contributed by atoms with Gasteiger partial charge in [-0.1, -0.05) is 55.5 Å². The van der Waals surface area contributed by atoms with Crippen molar-refractivity contribution >= 4 is 16.3 Å². The average Bonchev–Trinajstić information content (AvgIpc) is 3.04. The van der Waals surface area contributed by atoms with Crippen LogP contribution in [-0.2, 0) is 6.42 Å². The largest absolute Gasteiger partial charge is 0.316 e. The molecule has 1 heteroatoms. The van der Waals surface area contributed by atoms with Crippen LogP contribution in [0.4, 0.5) is 0 Å². The van der Waals surface area contributed by atoms with Crippen molar-refractivity contribution in [3.05, 3.63) is 78.5 Å². The van der Waals surface area contributed by atoms with Crippen LogP contribution >= 0.6 is 0 Å². The normalized spacial score (nSPS) is 11.3. The summed E-state index contributed by atoms with van der Waals surface area (Å²) >= 11 is 0. The monoisotopic (exact) mass is 271 g/mol. The predicted octanol–water partition coefficient (Wildman–Crippen LogP) is 5.32. The zero-order valence-corrected chi connectivity index (χ0v) is 12.1. The molecule has 102 valence electrons. The van der Waals surface area contributed by atoms with Crippen molar-refractivity contribution in [2.75, 3.05) is 0 Å². The van der Waals surface area contributed by atoms with Crippen LogP contribution in [0.3, 0.4) is 0 Å². The Kier molecular flexibility index (Phi) is 2.78. The highest BCUT2D eigenvalue weighted by Gasteiger charge is 2.07. The Balaban J connectivity index is 2.03. The van der Waals surface area contributed by atoms with Crippen LogP contribution in [0.15, 0.2) is 72.9 Å². The zero-order valence-electron chi connectivity index (χ0n) is 12.1. The first-order valence-electron chi connectivity index (χ1n) is 7.45. The van der Waals surface area contributed by atoms with Crippen LogP contribution in [0.1, 0.15) is 12.5 Å². The molecular formula is C20H17N. The van der Waals surface area contributed by atoms with Crippen molar-refractivity contribution in [2.45, 2.75) is 13.3 Å². The van der Waals surface area contributed by atoms with Gasteiger partial charge < -0.3 is 4.40 Å². The van der Waals surface area contributed by atoms with E-state index in [1.54, 1.807) is 0 Å². The molecule has 0 atom stereocenters. The van der Waals surface area contributed by atoms with E-state index in [2.05, 4.69) is 84.3 Å². The highest BCUT2D eigenvalue weighted by Crippen LogP contribution is 2.29. The van der Waals surface area contributed by atoms with E-state index < -0.39 is 0 Å². The molecule has 0 radical (unpaired) electrons. The Bertz CT molecular complexity index is 914. The Hall–Kier alpha value is -2.54. The third kappa shape index (κ3) is 1.93. The third-order valence-electron chi connectivity index (χ3n) is 4.20. The smallest absolute Gasteiger partial charge is 0.0534 e. The van der Waals surface area contributed by atoms with Gasteiger partial charge in [0.1, 0.15) is 0 Å². The summed E-state index contributed by atoms with van der Waals surface area (Å²) in [6.07, 6.45) is 3.22. The second-order valence-electron chi connectivity index (χ2n) is 5.43. The average molecular weight is 271 g/mol. The summed E-state index contributed by atoms with van der Waals surface area (Å²) in [4.78, 5) is 0. The number of hydrogen-bond donors (Lipinski definition) is 0. The number of pyridine rings is 1. The molecule has 0 amide bonds. The minimum Gasteiger partial charge on any atom is -0.316 e. The first-order chi connectivity index (χ1) is 10.4. The van der Waals surface area contributed by atoms with E-state index in [-0.39, 0.29) is 0 Å². The number of aryl methyl sites for hydroxylation is 1. The lowest BCUT2D eigenvalue weighted by Crippen LogP contribution is -1.92. The summed E-state index contributed by atoms with van der Waals surface area (Å²) in [5.74, 6) is 0. The lowest BCUT2D eigenvalue weighted by atomic mass is 10.0. The van der Waals surface area contributed by atoms with Gasteiger partial charge in [-0.3, -0.25) is 0 Å². The van der Waals surface area contributed by atoms with Crippen LogP contribution in [0, 0.1) is 0 Å². The molecule has 2 aromatic heterocycles. The maximum Gasteiger partial charge on any atom is 0.0534 e. The Morgan fingerprint density at radius 1 is 0.857 bits per heavy atom. The summed E-state index contributed by atoms with van der Waals surface area (Å²) in [7, 11) is 0. The van der Waals surface area contributed by atoms with Gasteiger partial charge >= 0.3 is 0 Å². The topological polar surface area (TPSA) is 4.41 Å². The maximum absolute atomic E-state index is 2.28. The van der Waals surface area contributed by atoms with E-state index in [1.807, 2.05) is 0 Å². The van der Waals surface area contributed by atoms with E-state index >= 15 is 0 Å². The minimum absolute atomic E-state index is 1.08.